The topological polar surface area (TPSA) is 44.8 Å². The second-order valence-corrected chi connectivity index (χ2v) is 6.24. The molecule has 1 aliphatic heterocycles. The van der Waals surface area contributed by atoms with Crippen molar-refractivity contribution in [3.8, 4) is 11.3 Å². The summed E-state index contributed by atoms with van der Waals surface area (Å²) < 4.78 is 0. The molecule has 1 unspecified atom stereocenters. The third-order valence-electron chi connectivity index (χ3n) is 4.38. The highest BCUT2D eigenvalue weighted by atomic mass is 15.2. The van der Waals surface area contributed by atoms with Gasteiger partial charge in [-0.2, -0.15) is 0 Å². The molecule has 4 nitrogen and oxygen atoms in total. The Bertz CT molecular complexity index is 807. The molecule has 1 fully saturated rings. The van der Waals surface area contributed by atoms with Crippen LogP contribution in [-0.4, -0.2) is 28.0 Å². The van der Waals surface area contributed by atoms with Crippen molar-refractivity contribution in [2.24, 2.45) is 5.92 Å². The summed E-state index contributed by atoms with van der Waals surface area (Å²) in [6.07, 6.45) is 1.23. The predicted molar refractivity (Wildman–Crippen MR) is 90.1 cm³/mol. The molecule has 112 valence electrons. The Balaban J connectivity index is 1.85. The molecule has 4 rings (SSSR count). The zero-order chi connectivity index (χ0) is 15.1. The zero-order valence-electron chi connectivity index (χ0n) is 13.0. The molecular formula is C18H20N4. The van der Waals surface area contributed by atoms with Crippen molar-refractivity contribution >= 4 is 16.9 Å². The van der Waals surface area contributed by atoms with Crippen LogP contribution in [0, 0.1) is 12.8 Å². The van der Waals surface area contributed by atoms with Gasteiger partial charge in [-0.3, -0.25) is 0 Å². The average molecular weight is 292 g/mol. The maximum Gasteiger partial charge on any atom is 0.156 e. The molecule has 1 aliphatic rings. The number of aryl methyl sites for hydroxylation is 1. The van der Waals surface area contributed by atoms with Crippen molar-refractivity contribution in [1.82, 2.24) is 15.0 Å². The molecule has 0 radical (unpaired) electrons. The van der Waals surface area contributed by atoms with Crippen LogP contribution in [0.3, 0.4) is 0 Å². The van der Waals surface area contributed by atoms with Crippen molar-refractivity contribution in [2.45, 2.75) is 20.3 Å². The Labute approximate surface area is 130 Å². The number of nitrogens with zero attached hydrogens (tertiary/aromatic N) is 3. The van der Waals surface area contributed by atoms with Crippen LogP contribution in [0.15, 0.2) is 36.4 Å². The molecule has 1 saturated heterocycles. The van der Waals surface area contributed by atoms with Gasteiger partial charge in [-0.1, -0.05) is 37.3 Å². The zero-order valence-corrected chi connectivity index (χ0v) is 13.0. The minimum absolute atomic E-state index is 0.730. The Hall–Kier alpha value is -2.36. The Morgan fingerprint density at radius 3 is 2.73 bits per heavy atom. The smallest absolute Gasteiger partial charge is 0.156 e. The Morgan fingerprint density at radius 2 is 2.00 bits per heavy atom. The standard InChI is InChI=1S/C18H20N4/c1-12-8-9-22(11-12)18-17-16(19-13(2)20-18)10-15(21-17)14-6-4-3-5-7-14/h3-7,10,12,21H,8-9,11H2,1-2H3. The molecule has 3 heterocycles. The fourth-order valence-electron chi connectivity index (χ4n) is 3.24. The van der Waals surface area contributed by atoms with Gasteiger partial charge in [-0.05, 0) is 30.9 Å². The van der Waals surface area contributed by atoms with E-state index in [9.17, 15) is 0 Å². The summed E-state index contributed by atoms with van der Waals surface area (Å²) in [7, 11) is 0. The van der Waals surface area contributed by atoms with E-state index in [1.54, 1.807) is 0 Å². The van der Waals surface area contributed by atoms with E-state index in [1.807, 2.05) is 13.0 Å². The van der Waals surface area contributed by atoms with Crippen LogP contribution in [0.2, 0.25) is 0 Å². The molecule has 0 bridgehead atoms. The number of fused-ring (bicyclic) bond motifs is 1. The molecule has 1 aromatic carbocycles. The van der Waals surface area contributed by atoms with Gasteiger partial charge in [0.2, 0.25) is 0 Å². The third-order valence-corrected chi connectivity index (χ3v) is 4.38. The van der Waals surface area contributed by atoms with Crippen LogP contribution in [0.1, 0.15) is 19.2 Å². The number of H-pyrrole nitrogens is 1. The first kappa shape index (κ1) is 13.3. The minimum atomic E-state index is 0.730. The van der Waals surface area contributed by atoms with Gasteiger partial charge in [-0.15, -0.1) is 0 Å². The maximum absolute atomic E-state index is 4.71. The quantitative estimate of drug-likeness (QED) is 0.782. The molecule has 4 heteroatoms. The van der Waals surface area contributed by atoms with Crippen molar-refractivity contribution in [1.29, 1.82) is 0 Å². The SMILES string of the molecule is Cc1nc(N2CCC(C)C2)c2[nH]c(-c3ccccc3)cc2n1. The molecule has 0 aliphatic carbocycles. The maximum atomic E-state index is 4.71. The normalized spacial score (nSPS) is 18.3. The van der Waals surface area contributed by atoms with Crippen LogP contribution < -0.4 is 4.90 Å². The third kappa shape index (κ3) is 2.25. The van der Waals surface area contributed by atoms with Gasteiger partial charge in [0.15, 0.2) is 5.82 Å². The van der Waals surface area contributed by atoms with Crippen LogP contribution in [0.25, 0.3) is 22.3 Å². The molecule has 0 spiro atoms. The highest BCUT2D eigenvalue weighted by molar-refractivity contribution is 5.91. The molecular weight excluding hydrogens is 272 g/mol. The Morgan fingerprint density at radius 1 is 1.18 bits per heavy atom. The lowest BCUT2D eigenvalue weighted by Crippen LogP contribution is -2.21. The minimum Gasteiger partial charge on any atom is -0.354 e. The van der Waals surface area contributed by atoms with Crippen LogP contribution in [0.4, 0.5) is 5.82 Å². The van der Waals surface area contributed by atoms with Crippen molar-refractivity contribution in [2.75, 3.05) is 18.0 Å². The summed E-state index contributed by atoms with van der Waals surface area (Å²) in [6.45, 7) is 6.42. The lowest BCUT2D eigenvalue weighted by Gasteiger charge is -2.17. The summed E-state index contributed by atoms with van der Waals surface area (Å²) >= 11 is 0. The average Bonchev–Trinajstić information content (AvgIpc) is 3.13. The van der Waals surface area contributed by atoms with Crippen molar-refractivity contribution < 1.29 is 0 Å². The number of aromatic nitrogens is 3. The van der Waals surface area contributed by atoms with Crippen LogP contribution in [-0.2, 0) is 0 Å². The van der Waals surface area contributed by atoms with Gasteiger partial charge in [0.1, 0.15) is 11.3 Å². The lowest BCUT2D eigenvalue weighted by atomic mass is 10.2. The molecule has 0 amide bonds. The van der Waals surface area contributed by atoms with E-state index in [2.05, 4.69) is 52.1 Å². The fraction of sp³-hybridized carbons (Fsp3) is 0.333. The van der Waals surface area contributed by atoms with Gasteiger partial charge >= 0.3 is 0 Å². The number of hydrogen-bond acceptors (Lipinski definition) is 3. The Kier molecular flexibility index (Phi) is 3.10. The molecule has 1 N–H and O–H groups in total. The highest BCUT2D eigenvalue weighted by Gasteiger charge is 2.23. The largest absolute Gasteiger partial charge is 0.354 e. The second-order valence-electron chi connectivity index (χ2n) is 6.24. The first-order valence-electron chi connectivity index (χ1n) is 7.88. The second kappa shape index (κ2) is 5.13. The van der Waals surface area contributed by atoms with E-state index < -0.39 is 0 Å². The molecule has 2 aromatic heterocycles. The van der Waals surface area contributed by atoms with Crippen LogP contribution in [0.5, 0.6) is 0 Å². The van der Waals surface area contributed by atoms with Gasteiger partial charge in [0.05, 0.1) is 5.52 Å². The van der Waals surface area contributed by atoms with E-state index in [1.165, 1.54) is 12.0 Å². The van der Waals surface area contributed by atoms with E-state index in [4.69, 9.17) is 4.98 Å². The summed E-state index contributed by atoms with van der Waals surface area (Å²) in [4.78, 5) is 15.2. The van der Waals surface area contributed by atoms with Gasteiger partial charge < -0.3 is 9.88 Å². The van der Waals surface area contributed by atoms with Crippen LogP contribution >= 0.6 is 0 Å². The summed E-state index contributed by atoms with van der Waals surface area (Å²) in [5.41, 5.74) is 4.34. The predicted octanol–water partition coefficient (Wildman–Crippen LogP) is 3.78. The number of anilines is 1. The summed E-state index contributed by atoms with van der Waals surface area (Å²) in [5, 5.41) is 0. The number of rotatable bonds is 2. The van der Waals surface area contributed by atoms with Crippen molar-refractivity contribution in [3.63, 3.8) is 0 Å². The van der Waals surface area contributed by atoms with E-state index in [0.717, 1.165) is 47.4 Å². The van der Waals surface area contributed by atoms with Gasteiger partial charge in [0, 0.05) is 18.8 Å². The van der Waals surface area contributed by atoms with Gasteiger partial charge in [-0.25, -0.2) is 9.97 Å². The lowest BCUT2D eigenvalue weighted by molar-refractivity contribution is 0.659. The summed E-state index contributed by atoms with van der Waals surface area (Å²) in [5.74, 6) is 2.61. The molecule has 22 heavy (non-hydrogen) atoms. The molecule has 3 aromatic rings. The van der Waals surface area contributed by atoms with Gasteiger partial charge in [0.25, 0.3) is 0 Å². The van der Waals surface area contributed by atoms with E-state index in [-0.39, 0.29) is 0 Å². The molecule has 0 saturated carbocycles. The summed E-state index contributed by atoms with van der Waals surface area (Å²) in [6, 6.07) is 12.5. The number of nitrogens with one attached hydrogen (secondary N) is 1. The molecule has 1 atom stereocenters. The van der Waals surface area contributed by atoms with E-state index in [0.29, 0.717) is 0 Å². The highest BCUT2D eigenvalue weighted by Crippen LogP contribution is 2.31. The number of benzene rings is 1. The first-order valence-corrected chi connectivity index (χ1v) is 7.88. The number of aromatic amines is 1. The fourth-order valence-corrected chi connectivity index (χ4v) is 3.24. The monoisotopic (exact) mass is 292 g/mol. The van der Waals surface area contributed by atoms with Crippen molar-refractivity contribution in [3.05, 3.63) is 42.2 Å². The first-order chi connectivity index (χ1) is 10.7. The van der Waals surface area contributed by atoms with E-state index >= 15 is 0 Å². The number of hydrogen-bond donors (Lipinski definition) is 1.